The maximum absolute atomic E-state index is 9.43. The van der Waals surface area contributed by atoms with Crippen molar-refractivity contribution in [3.05, 3.63) is 24.0 Å². The minimum absolute atomic E-state index is 0.112. The van der Waals surface area contributed by atoms with Gasteiger partial charge in [-0.2, -0.15) is 0 Å². The molecule has 20 heavy (non-hydrogen) atoms. The Morgan fingerprint density at radius 2 is 2.05 bits per heavy atom. The number of aromatic nitrogens is 1. The highest BCUT2D eigenvalue weighted by Gasteiger charge is 2.23. The lowest BCUT2D eigenvalue weighted by molar-refractivity contribution is 0.216. The summed E-state index contributed by atoms with van der Waals surface area (Å²) in [6.45, 7) is 9.49. The van der Waals surface area contributed by atoms with E-state index in [1.807, 2.05) is 27.1 Å². The third-order valence-electron chi connectivity index (χ3n) is 3.86. The molecule has 0 saturated heterocycles. The fraction of sp³-hybridized carbons (Fsp3) is 0.688. The minimum Gasteiger partial charge on any atom is -0.394 e. The average molecular weight is 279 g/mol. The number of nitrogens with zero attached hydrogens (tertiary/aromatic N) is 2. The molecule has 1 unspecified atom stereocenters. The van der Waals surface area contributed by atoms with Crippen molar-refractivity contribution < 1.29 is 5.11 Å². The molecule has 4 heteroatoms. The first-order valence-corrected chi connectivity index (χ1v) is 7.50. The lowest BCUT2D eigenvalue weighted by Crippen LogP contribution is -2.44. The molecule has 0 saturated carbocycles. The first kappa shape index (κ1) is 16.9. The molecule has 1 aromatic heterocycles. The average Bonchev–Trinajstić information content (AvgIpc) is 2.48. The summed E-state index contributed by atoms with van der Waals surface area (Å²) in [5.41, 5.74) is 1.83. The van der Waals surface area contributed by atoms with Crippen LogP contribution in [0, 0.1) is 0 Å². The van der Waals surface area contributed by atoms with Crippen molar-refractivity contribution in [2.45, 2.75) is 52.1 Å². The molecule has 2 N–H and O–H groups in total. The summed E-state index contributed by atoms with van der Waals surface area (Å²) in [5, 5.41) is 12.9. The van der Waals surface area contributed by atoms with Crippen molar-refractivity contribution in [2.24, 2.45) is 0 Å². The van der Waals surface area contributed by atoms with Gasteiger partial charge >= 0.3 is 0 Å². The molecule has 0 aliphatic heterocycles. The normalized spacial score (nSPS) is 13.3. The topological polar surface area (TPSA) is 48.4 Å². The van der Waals surface area contributed by atoms with E-state index in [-0.39, 0.29) is 12.1 Å². The van der Waals surface area contributed by atoms with Crippen LogP contribution in [-0.2, 0) is 0 Å². The second kappa shape index (κ2) is 7.60. The molecule has 4 nitrogen and oxygen atoms in total. The first-order valence-electron chi connectivity index (χ1n) is 7.50. The standard InChI is InChI=1S/C16H29N3O/c1-6-10-17-14(7-2)15-9-8-13(11-18-15)19(5)16(3,4)12-20/h8-9,11,14,17,20H,6-7,10,12H2,1-5H3. The predicted molar refractivity (Wildman–Crippen MR) is 85.1 cm³/mol. The van der Waals surface area contributed by atoms with Gasteiger partial charge in [-0.05, 0) is 45.4 Å². The Morgan fingerprint density at radius 1 is 1.35 bits per heavy atom. The Balaban J connectivity index is 2.82. The van der Waals surface area contributed by atoms with Gasteiger partial charge in [0.15, 0.2) is 0 Å². The number of hydrogen-bond donors (Lipinski definition) is 2. The van der Waals surface area contributed by atoms with Crippen molar-refractivity contribution in [3.63, 3.8) is 0 Å². The highest BCUT2D eigenvalue weighted by Crippen LogP contribution is 2.23. The van der Waals surface area contributed by atoms with Gasteiger partial charge in [-0.1, -0.05) is 13.8 Å². The van der Waals surface area contributed by atoms with E-state index >= 15 is 0 Å². The quantitative estimate of drug-likeness (QED) is 0.768. The number of nitrogens with one attached hydrogen (secondary N) is 1. The van der Waals surface area contributed by atoms with Crippen molar-refractivity contribution >= 4 is 5.69 Å². The van der Waals surface area contributed by atoms with E-state index < -0.39 is 0 Å². The van der Waals surface area contributed by atoms with E-state index in [4.69, 9.17) is 0 Å². The van der Waals surface area contributed by atoms with Gasteiger partial charge in [0.1, 0.15) is 0 Å². The van der Waals surface area contributed by atoms with Gasteiger partial charge in [-0.15, -0.1) is 0 Å². The third-order valence-corrected chi connectivity index (χ3v) is 3.86. The molecule has 1 aromatic rings. The highest BCUT2D eigenvalue weighted by molar-refractivity contribution is 5.46. The summed E-state index contributed by atoms with van der Waals surface area (Å²) in [7, 11) is 1.99. The second-order valence-corrected chi connectivity index (χ2v) is 5.89. The van der Waals surface area contributed by atoms with E-state index in [0.29, 0.717) is 6.04 Å². The van der Waals surface area contributed by atoms with Crippen LogP contribution in [0.5, 0.6) is 0 Å². The smallest absolute Gasteiger partial charge is 0.0658 e. The molecular formula is C16H29N3O. The molecule has 0 fully saturated rings. The number of anilines is 1. The summed E-state index contributed by atoms with van der Waals surface area (Å²) in [4.78, 5) is 6.65. The SMILES string of the molecule is CCCNC(CC)c1ccc(N(C)C(C)(C)CO)cn1. The molecule has 114 valence electrons. The van der Waals surface area contributed by atoms with Gasteiger partial charge in [0, 0.05) is 13.1 Å². The molecule has 0 bridgehead atoms. The van der Waals surface area contributed by atoms with Crippen LogP contribution in [-0.4, -0.2) is 35.8 Å². The zero-order valence-electron chi connectivity index (χ0n) is 13.5. The Bertz CT molecular complexity index is 389. The molecule has 0 aliphatic rings. The monoisotopic (exact) mass is 279 g/mol. The van der Waals surface area contributed by atoms with Crippen LogP contribution in [0.2, 0.25) is 0 Å². The summed E-state index contributed by atoms with van der Waals surface area (Å²) in [6.07, 6.45) is 4.05. The molecule has 1 rings (SSSR count). The van der Waals surface area contributed by atoms with Crippen LogP contribution in [0.3, 0.4) is 0 Å². The van der Waals surface area contributed by atoms with Gasteiger partial charge in [0.25, 0.3) is 0 Å². The predicted octanol–water partition coefficient (Wildman–Crippen LogP) is 2.74. The maximum Gasteiger partial charge on any atom is 0.0658 e. The Kier molecular flexibility index (Phi) is 6.43. The van der Waals surface area contributed by atoms with Crippen molar-refractivity contribution in [2.75, 3.05) is 25.1 Å². The number of aliphatic hydroxyl groups is 1. The fourth-order valence-electron chi connectivity index (χ4n) is 2.03. The van der Waals surface area contributed by atoms with Crippen molar-refractivity contribution in [3.8, 4) is 0 Å². The largest absolute Gasteiger partial charge is 0.394 e. The van der Waals surface area contributed by atoms with Gasteiger partial charge < -0.3 is 15.3 Å². The number of aliphatic hydroxyl groups excluding tert-OH is 1. The van der Waals surface area contributed by atoms with Crippen LogP contribution in [0.4, 0.5) is 5.69 Å². The summed E-state index contributed by atoms with van der Waals surface area (Å²) in [6, 6.07) is 4.48. The van der Waals surface area contributed by atoms with E-state index in [1.54, 1.807) is 0 Å². The Labute approximate surface area is 123 Å². The summed E-state index contributed by atoms with van der Waals surface area (Å²) in [5.74, 6) is 0. The lowest BCUT2D eigenvalue weighted by Gasteiger charge is -2.35. The van der Waals surface area contributed by atoms with Crippen LogP contribution in [0.1, 0.15) is 52.3 Å². The van der Waals surface area contributed by atoms with Crippen LogP contribution in [0.15, 0.2) is 18.3 Å². The van der Waals surface area contributed by atoms with Crippen LogP contribution in [0.25, 0.3) is 0 Å². The molecular weight excluding hydrogens is 250 g/mol. The lowest BCUT2D eigenvalue weighted by atomic mass is 10.0. The highest BCUT2D eigenvalue weighted by atomic mass is 16.3. The number of rotatable bonds is 8. The van der Waals surface area contributed by atoms with E-state index in [0.717, 1.165) is 30.8 Å². The summed E-state index contributed by atoms with van der Waals surface area (Å²) < 4.78 is 0. The third kappa shape index (κ3) is 4.18. The van der Waals surface area contributed by atoms with Crippen LogP contribution < -0.4 is 10.2 Å². The van der Waals surface area contributed by atoms with E-state index in [1.165, 1.54) is 0 Å². The Morgan fingerprint density at radius 3 is 2.50 bits per heavy atom. The van der Waals surface area contributed by atoms with Crippen molar-refractivity contribution in [1.82, 2.24) is 10.3 Å². The first-order chi connectivity index (χ1) is 9.46. The van der Waals surface area contributed by atoms with Gasteiger partial charge in [0.2, 0.25) is 0 Å². The second-order valence-electron chi connectivity index (χ2n) is 5.89. The molecule has 0 amide bonds. The van der Waals surface area contributed by atoms with Crippen molar-refractivity contribution in [1.29, 1.82) is 0 Å². The van der Waals surface area contributed by atoms with Crippen LogP contribution >= 0.6 is 0 Å². The molecule has 0 radical (unpaired) electrons. The fourth-order valence-corrected chi connectivity index (χ4v) is 2.03. The summed E-state index contributed by atoms with van der Waals surface area (Å²) >= 11 is 0. The maximum atomic E-state index is 9.43. The van der Waals surface area contributed by atoms with Gasteiger partial charge in [-0.3, -0.25) is 4.98 Å². The molecule has 0 aliphatic carbocycles. The van der Waals surface area contributed by atoms with E-state index in [9.17, 15) is 5.11 Å². The number of likely N-dealkylation sites (N-methyl/N-ethyl adjacent to an activating group) is 1. The zero-order valence-corrected chi connectivity index (χ0v) is 13.5. The minimum atomic E-state index is -0.284. The van der Waals surface area contributed by atoms with Gasteiger partial charge in [0.05, 0.1) is 29.7 Å². The van der Waals surface area contributed by atoms with Gasteiger partial charge in [-0.25, -0.2) is 0 Å². The Hall–Kier alpha value is -1.13. The molecule has 1 atom stereocenters. The zero-order chi connectivity index (χ0) is 15.2. The molecule has 0 spiro atoms. The number of hydrogen-bond acceptors (Lipinski definition) is 4. The number of pyridine rings is 1. The molecule has 0 aromatic carbocycles. The van der Waals surface area contributed by atoms with E-state index in [2.05, 4.69) is 41.2 Å². The molecule has 1 heterocycles.